The maximum Gasteiger partial charge on any atom is 0.107 e. The van der Waals surface area contributed by atoms with Gasteiger partial charge < -0.3 is 10.3 Å². The lowest BCUT2D eigenvalue weighted by molar-refractivity contribution is 0.764. The molecular formula is C14H15IN4S. The van der Waals surface area contributed by atoms with Gasteiger partial charge in [0.15, 0.2) is 0 Å². The standard InChI is InChI=1S/C14H15IN4S/c1-9-17-12-3-2-10(5-15)4-13(12)19(9)7-11-8-20-14(6-16)18-11/h2-4,8H,5-7,16H2,1H3. The van der Waals surface area contributed by atoms with Crippen molar-refractivity contribution in [2.24, 2.45) is 5.73 Å². The molecular weight excluding hydrogens is 383 g/mol. The van der Waals surface area contributed by atoms with Crippen LogP contribution >= 0.6 is 33.9 Å². The molecule has 0 radical (unpaired) electrons. The molecule has 0 amide bonds. The van der Waals surface area contributed by atoms with Crippen molar-refractivity contribution in [3.8, 4) is 0 Å². The van der Waals surface area contributed by atoms with E-state index in [1.165, 1.54) is 11.1 Å². The van der Waals surface area contributed by atoms with Crippen LogP contribution in [0, 0.1) is 6.92 Å². The highest BCUT2D eigenvalue weighted by atomic mass is 127. The molecule has 0 aliphatic heterocycles. The molecule has 0 aliphatic carbocycles. The third-order valence-corrected chi connectivity index (χ3v) is 5.05. The van der Waals surface area contributed by atoms with Gasteiger partial charge in [-0.3, -0.25) is 0 Å². The van der Waals surface area contributed by atoms with Crippen LogP contribution < -0.4 is 5.73 Å². The molecule has 104 valence electrons. The van der Waals surface area contributed by atoms with E-state index >= 15 is 0 Å². The van der Waals surface area contributed by atoms with Crippen molar-refractivity contribution >= 4 is 45.0 Å². The van der Waals surface area contributed by atoms with Crippen molar-refractivity contribution in [2.75, 3.05) is 0 Å². The number of alkyl halides is 1. The fourth-order valence-electron chi connectivity index (χ4n) is 2.25. The Bertz CT molecular complexity index is 747. The molecule has 0 saturated heterocycles. The Morgan fingerprint density at radius 1 is 1.35 bits per heavy atom. The van der Waals surface area contributed by atoms with E-state index < -0.39 is 0 Å². The van der Waals surface area contributed by atoms with Crippen molar-refractivity contribution < 1.29 is 0 Å². The van der Waals surface area contributed by atoms with Crippen molar-refractivity contribution in [1.82, 2.24) is 14.5 Å². The first-order chi connectivity index (χ1) is 9.71. The Morgan fingerprint density at radius 3 is 2.90 bits per heavy atom. The highest BCUT2D eigenvalue weighted by Crippen LogP contribution is 2.21. The van der Waals surface area contributed by atoms with Gasteiger partial charge in [0.05, 0.1) is 23.3 Å². The van der Waals surface area contributed by atoms with Crippen molar-refractivity contribution in [3.63, 3.8) is 0 Å². The number of halogens is 1. The number of rotatable bonds is 4. The van der Waals surface area contributed by atoms with E-state index in [1.54, 1.807) is 11.3 Å². The number of imidazole rings is 1. The van der Waals surface area contributed by atoms with Crippen LogP contribution in [0.15, 0.2) is 23.6 Å². The van der Waals surface area contributed by atoms with E-state index in [0.29, 0.717) is 6.54 Å². The average Bonchev–Trinajstić information content (AvgIpc) is 3.04. The average molecular weight is 398 g/mol. The third-order valence-electron chi connectivity index (χ3n) is 3.25. The molecule has 2 aromatic heterocycles. The van der Waals surface area contributed by atoms with Gasteiger partial charge in [-0.25, -0.2) is 9.97 Å². The van der Waals surface area contributed by atoms with E-state index in [9.17, 15) is 0 Å². The van der Waals surface area contributed by atoms with E-state index in [0.717, 1.165) is 33.0 Å². The fourth-order valence-corrected chi connectivity index (χ4v) is 3.39. The zero-order chi connectivity index (χ0) is 14.1. The van der Waals surface area contributed by atoms with E-state index in [4.69, 9.17) is 5.73 Å². The Morgan fingerprint density at radius 2 is 2.20 bits per heavy atom. The predicted molar refractivity (Wildman–Crippen MR) is 91.3 cm³/mol. The highest BCUT2D eigenvalue weighted by molar-refractivity contribution is 14.1. The zero-order valence-electron chi connectivity index (χ0n) is 11.1. The maximum absolute atomic E-state index is 5.62. The van der Waals surface area contributed by atoms with Crippen molar-refractivity contribution in [3.05, 3.63) is 45.7 Å². The van der Waals surface area contributed by atoms with Gasteiger partial charge in [-0.2, -0.15) is 0 Å². The molecule has 3 aromatic rings. The smallest absolute Gasteiger partial charge is 0.107 e. The normalized spacial score (nSPS) is 11.3. The largest absolute Gasteiger partial charge is 0.325 e. The van der Waals surface area contributed by atoms with Gasteiger partial charge in [-0.05, 0) is 24.6 Å². The molecule has 2 N–H and O–H groups in total. The maximum atomic E-state index is 5.62. The topological polar surface area (TPSA) is 56.7 Å². The fraction of sp³-hybridized carbons (Fsp3) is 0.286. The van der Waals surface area contributed by atoms with Crippen molar-refractivity contribution in [2.45, 2.75) is 24.4 Å². The summed E-state index contributed by atoms with van der Waals surface area (Å²) in [6.45, 7) is 3.30. The minimum Gasteiger partial charge on any atom is -0.325 e. The molecule has 2 heterocycles. The number of aromatic nitrogens is 3. The Hall–Kier alpha value is -0.990. The lowest BCUT2D eigenvalue weighted by Crippen LogP contribution is -2.03. The van der Waals surface area contributed by atoms with Crippen LogP contribution in [0.3, 0.4) is 0 Å². The van der Waals surface area contributed by atoms with E-state index in [-0.39, 0.29) is 0 Å². The van der Waals surface area contributed by atoms with Crippen LogP contribution in [0.1, 0.15) is 22.1 Å². The van der Waals surface area contributed by atoms with Gasteiger partial charge in [0.1, 0.15) is 10.8 Å². The summed E-state index contributed by atoms with van der Waals surface area (Å²) in [6, 6.07) is 6.46. The number of benzene rings is 1. The summed E-state index contributed by atoms with van der Waals surface area (Å²) in [5.41, 5.74) is 10.2. The van der Waals surface area contributed by atoms with Crippen LogP contribution in [-0.4, -0.2) is 14.5 Å². The number of hydrogen-bond acceptors (Lipinski definition) is 4. The summed E-state index contributed by atoms with van der Waals surface area (Å²) in [5.74, 6) is 1.02. The molecule has 1 aromatic carbocycles. The Labute approximate surface area is 135 Å². The molecule has 0 bridgehead atoms. The molecule has 0 fully saturated rings. The third kappa shape index (κ3) is 2.59. The van der Waals surface area contributed by atoms with E-state index in [2.05, 4.69) is 60.7 Å². The van der Waals surface area contributed by atoms with Gasteiger partial charge in [0, 0.05) is 16.4 Å². The summed E-state index contributed by atoms with van der Waals surface area (Å²) in [4.78, 5) is 9.16. The molecule has 6 heteroatoms. The number of fused-ring (bicyclic) bond motifs is 1. The summed E-state index contributed by atoms with van der Waals surface area (Å²) < 4.78 is 3.23. The molecule has 0 spiro atoms. The quantitative estimate of drug-likeness (QED) is 0.542. The Balaban J connectivity index is 2.03. The van der Waals surface area contributed by atoms with Gasteiger partial charge >= 0.3 is 0 Å². The van der Waals surface area contributed by atoms with Crippen LogP contribution in [0.5, 0.6) is 0 Å². The molecule has 0 saturated carbocycles. The Kier molecular flexibility index (Phi) is 4.04. The van der Waals surface area contributed by atoms with Gasteiger partial charge in [0.25, 0.3) is 0 Å². The van der Waals surface area contributed by atoms with Gasteiger partial charge in [0.2, 0.25) is 0 Å². The number of nitrogens with two attached hydrogens (primary N) is 1. The SMILES string of the molecule is Cc1nc2ccc(CI)cc2n1Cc1csc(CN)n1. The second-order valence-electron chi connectivity index (χ2n) is 4.64. The van der Waals surface area contributed by atoms with Crippen LogP contribution in [0.2, 0.25) is 0 Å². The minimum atomic E-state index is 0.507. The van der Waals surface area contributed by atoms with Crippen LogP contribution in [0.4, 0.5) is 0 Å². The first-order valence-electron chi connectivity index (χ1n) is 6.36. The summed E-state index contributed by atoms with van der Waals surface area (Å²) in [5, 5.41) is 3.06. The number of aryl methyl sites for hydroxylation is 1. The molecule has 0 unspecified atom stereocenters. The zero-order valence-corrected chi connectivity index (χ0v) is 14.1. The van der Waals surface area contributed by atoms with Gasteiger partial charge in [-0.1, -0.05) is 28.7 Å². The molecule has 0 atom stereocenters. The predicted octanol–water partition coefficient (Wildman–Crippen LogP) is 3.24. The second kappa shape index (κ2) is 5.79. The molecule has 20 heavy (non-hydrogen) atoms. The molecule has 3 rings (SSSR count). The second-order valence-corrected chi connectivity index (χ2v) is 6.34. The summed E-state index contributed by atoms with van der Waals surface area (Å²) >= 11 is 4.00. The molecule has 0 aliphatic rings. The summed E-state index contributed by atoms with van der Waals surface area (Å²) in [7, 11) is 0. The van der Waals surface area contributed by atoms with Gasteiger partial charge in [-0.15, -0.1) is 11.3 Å². The van der Waals surface area contributed by atoms with Crippen LogP contribution in [0.25, 0.3) is 11.0 Å². The number of hydrogen-bond donors (Lipinski definition) is 1. The number of nitrogens with zero attached hydrogens (tertiary/aromatic N) is 3. The lowest BCUT2D eigenvalue weighted by Gasteiger charge is -2.05. The lowest BCUT2D eigenvalue weighted by atomic mass is 10.2. The molecule has 4 nitrogen and oxygen atoms in total. The monoisotopic (exact) mass is 398 g/mol. The van der Waals surface area contributed by atoms with Crippen molar-refractivity contribution in [1.29, 1.82) is 0 Å². The number of thiazole rings is 1. The van der Waals surface area contributed by atoms with E-state index in [1.807, 2.05) is 6.92 Å². The van der Waals surface area contributed by atoms with Crippen LogP contribution in [-0.2, 0) is 17.5 Å². The first kappa shape index (κ1) is 14.0. The first-order valence-corrected chi connectivity index (χ1v) is 8.77. The minimum absolute atomic E-state index is 0.507. The highest BCUT2D eigenvalue weighted by Gasteiger charge is 2.10. The summed E-state index contributed by atoms with van der Waals surface area (Å²) in [6.07, 6.45) is 0.